The molecule has 0 bridgehead atoms. The fourth-order valence-corrected chi connectivity index (χ4v) is 2.82. The van der Waals surface area contributed by atoms with Gasteiger partial charge in [-0.1, -0.05) is 12.1 Å². The Hall–Kier alpha value is -0.910. The van der Waals surface area contributed by atoms with E-state index < -0.39 is 6.61 Å². The van der Waals surface area contributed by atoms with Crippen LogP contribution in [0.1, 0.15) is 24.8 Å². The molecular weight excluding hydrogens is 310 g/mol. The number of nitrogens with one attached hydrogen (secondary N) is 1. The lowest BCUT2D eigenvalue weighted by Crippen LogP contribution is -2.34. The summed E-state index contributed by atoms with van der Waals surface area (Å²) in [5.74, 6) is 1.05. The molecule has 0 saturated carbocycles. The lowest BCUT2D eigenvalue weighted by atomic mass is 9.93. The molecule has 6 heteroatoms. The largest absolute Gasteiger partial charge is 0.435 e. The van der Waals surface area contributed by atoms with Gasteiger partial charge in [0.15, 0.2) is 0 Å². The van der Waals surface area contributed by atoms with Gasteiger partial charge in [0.25, 0.3) is 0 Å². The first kappa shape index (κ1) is 19.1. The topological polar surface area (TPSA) is 24.5 Å². The summed E-state index contributed by atoms with van der Waals surface area (Å²) in [4.78, 5) is 2.43. The summed E-state index contributed by atoms with van der Waals surface area (Å²) in [5.41, 5.74) is 1.14. The lowest BCUT2D eigenvalue weighted by molar-refractivity contribution is -0.0498. The van der Waals surface area contributed by atoms with Crippen LogP contribution in [0.2, 0.25) is 0 Å². The Morgan fingerprint density at radius 2 is 1.86 bits per heavy atom. The van der Waals surface area contributed by atoms with Gasteiger partial charge >= 0.3 is 6.61 Å². The zero-order chi connectivity index (χ0) is 15.1. The molecule has 1 fully saturated rings. The van der Waals surface area contributed by atoms with Gasteiger partial charge in [0.2, 0.25) is 0 Å². The molecule has 0 unspecified atom stereocenters. The summed E-state index contributed by atoms with van der Waals surface area (Å²) in [7, 11) is 2.00. The van der Waals surface area contributed by atoms with Gasteiger partial charge in [-0.15, -0.1) is 12.4 Å². The maximum Gasteiger partial charge on any atom is 0.387 e. The van der Waals surface area contributed by atoms with Crippen molar-refractivity contribution in [2.75, 3.05) is 26.7 Å². The van der Waals surface area contributed by atoms with E-state index in [-0.39, 0.29) is 18.2 Å². The molecule has 126 valence electrons. The summed E-state index contributed by atoms with van der Waals surface area (Å²) >= 11 is 0. The van der Waals surface area contributed by atoms with E-state index in [1.165, 1.54) is 19.3 Å². The minimum atomic E-state index is -2.76. The van der Waals surface area contributed by atoms with Crippen molar-refractivity contribution in [2.24, 2.45) is 5.92 Å². The van der Waals surface area contributed by atoms with E-state index in [2.05, 4.69) is 15.0 Å². The molecule has 1 N–H and O–H groups in total. The lowest BCUT2D eigenvalue weighted by Gasteiger charge is -2.32. The van der Waals surface area contributed by atoms with E-state index in [9.17, 15) is 8.78 Å². The highest BCUT2D eigenvalue weighted by Gasteiger charge is 2.18. The molecule has 0 spiro atoms. The Morgan fingerprint density at radius 1 is 1.23 bits per heavy atom. The summed E-state index contributed by atoms with van der Waals surface area (Å²) in [6, 6.07) is 6.96. The van der Waals surface area contributed by atoms with E-state index in [1.54, 1.807) is 12.1 Å². The molecule has 1 aliphatic rings. The molecule has 0 aromatic heterocycles. The van der Waals surface area contributed by atoms with Crippen LogP contribution in [0, 0.1) is 5.92 Å². The van der Waals surface area contributed by atoms with E-state index in [1.807, 2.05) is 19.2 Å². The second kappa shape index (κ2) is 9.98. The second-order valence-corrected chi connectivity index (χ2v) is 5.63. The number of ether oxygens (including phenoxy) is 1. The normalized spacial score (nSPS) is 16.5. The van der Waals surface area contributed by atoms with Crippen molar-refractivity contribution in [3.8, 4) is 5.75 Å². The maximum absolute atomic E-state index is 12.1. The third-order valence-electron chi connectivity index (χ3n) is 4.06. The van der Waals surface area contributed by atoms with Crippen molar-refractivity contribution in [1.82, 2.24) is 10.2 Å². The van der Waals surface area contributed by atoms with Crippen molar-refractivity contribution in [1.29, 1.82) is 0 Å². The molecule has 0 atom stereocenters. The summed E-state index contributed by atoms with van der Waals surface area (Å²) in [5, 5.41) is 3.21. The molecule has 1 saturated heterocycles. The number of hydrogen-bond acceptors (Lipinski definition) is 3. The molecule has 0 radical (unpaired) electrons. The van der Waals surface area contributed by atoms with Gasteiger partial charge in [0.1, 0.15) is 5.75 Å². The molecule has 2 rings (SSSR count). The quantitative estimate of drug-likeness (QED) is 0.825. The van der Waals surface area contributed by atoms with Crippen molar-refractivity contribution in [3.63, 3.8) is 0 Å². The molecule has 0 amide bonds. The number of likely N-dealkylation sites (tertiary alicyclic amines) is 1. The number of piperidine rings is 1. The van der Waals surface area contributed by atoms with Crippen LogP contribution in [0.15, 0.2) is 24.3 Å². The second-order valence-electron chi connectivity index (χ2n) is 5.63. The van der Waals surface area contributed by atoms with Gasteiger partial charge in [-0.25, -0.2) is 0 Å². The van der Waals surface area contributed by atoms with Crippen molar-refractivity contribution in [2.45, 2.75) is 32.4 Å². The number of alkyl halides is 2. The van der Waals surface area contributed by atoms with Crippen LogP contribution in [0.5, 0.6) is 5.75 Å². The molecular formula is C16H25ClF2N2O. The van der Waals surface area contributed by atoms with Gasteiger partial charge in [0.05, 0.1) is 0 Å². The van der Waals surface area contributed by atoms with Crippen molar-refractivity contribution in [3.05, 3.63) is 29.8 Å². The average molecular weight is 335 g/mol. The molecule has 1 aromatic rings. The van der Waals surface area contributed by atoms with Crippen LogP contribution in [0.3, 0.4) is 0 Å². The molecule has 0 aliphatic carbocycles. The maximum atomic E-state index is 12.1. The highest BCUT2D eigenvalue weighted by molar-refractivity contribution is 5.85. The monoisotopic (exact) mass is 334 g/mol. The van der Waals surface area contributed by atoms with Gasteiger partial charge in [-0.2, -0.15) is 8.78 Å². The SMILES string of the molecule is CNCCC1CCN(Cc2ccc(OC(F)F)cc2)CC1.Cl. The Morgan fingerprint density at radius 3 is 2.41 bits per heavy atom. The van der Waals surface area contributed by atoms with Gasteiger partial charge in [-0.3, -0.25) is 4.90 Å². The highest BCUT2D eigenvalue weighted by atomic mass is 35.5. The van der Waals surface area contributed by atoms with Crippen LogP contribution in [0.4, 0.5) is 8.78 Å². The zero-order valence-electron chi connectivity index (χ0n) is 12.9. The van der Waals surface area contributed by atoms with Crippen LogP contribution < -0.4 is 10.1 Å². The zero-order valence-corrected chi connectivity index (χ0v) is 13.7. The predicted molar refractivity (Wildman–Crippen MR) is 86.9 cm³/mol. The third kappa shape index (κ3) is 6.46. The van der Waals surface area contributed by atoms with Crippen LogP contribution in [-0.4, -0.2) is 38.2 Å². The average Bonchev–Trinajstić information content (AvgIpc) is 2.48. The number of benzene rings is 1. The number of rotatable bonds is 7. The first-order chi connectivity index (χ1) is 10.2. The van der Waals surface area contributed by atoms with Crippen molar-refractivity contribution < 1.29 is 13.5 Å². The molecule has 1 aromatic carbocycles. The first-order valence-electron chi connectivity index (χ1n) is 7.58. The van der Waals surface area contributed by atoms with Crippen molar-refractivity contribution >= 4 is 12.4 Å². The van der Waals surface area contributed by atoms with E-state index >= 15 is 0 Å². The predicted octanol–water partition coefficient (Wildman–Crippen LogP) is 3.53. The molecule has 3 nitrogen and oxygen atoms in total. The standard InChI is InChI=1S/C16H24F2N2O.ClH/c1-19-9-6-13-7-10-20(11-8-13)12-14-2-4-15(5-3-14)21-16(17)18;/h2-5,13,16,19H,6-12H2,1H3;1H. The molecule has 1 heterocycles. The first-order valence-corrected chi connectivity index (χ1v) is 7.58. The fourth-order valence-electron chi connectivity index (χ4n) is 2.82. The number of nitrogens with zero attached hydrogens (tertiary/aromatic N) is 1. The molecule has 22 heavy (non-hydrogen) atoms. The van der Waals surface area contributed by atoms with Crippen LogP contribution >= 0.6 is 12.4 Å². The summed E-state index contributed by atoms with van der Waals surface area (Å²) in [6.45, 7) is 1.45. The Labute approximate surface area is 137 Å². The van der Waals surface area contributed by atoms with E-state index in [4.69, 9.17) is 0 Å². The summed E-state index contributed by atoms with van der Waals surface area (Å²) < 4.78 is 28.5. The van der Waals surface area contributed by atoms with E-state index in [0.717, 1.165) is 37.7 Å². The summed E-state index contributed by atoms with van der Waals surface area (Å²) in [6.07, 6.45) is 3.74. The third-order valence-corrected chi connectivity index (χ3v) is 4.06. The van der Waals surface area contributed by atoms with E-state index in [0.29, 0.717) is 0 Å². The van der Waals surface area contributed by atoms with Crippen LogP contribution in [-0.2, 0) is 6.54 Å². The fraction of sp³-hybridized carbons (Fsp3) is 0.625. The Kier molecular flexibility index (Phi) is 8.68. The minimum absolute atomic E-state index is 0. The minimum Gasteiger partial charge on any atom is -0.435 e. The number of hydrogen-bond donors (Lipinski definition) is 1. The van der Waals surface area contributed by atoms with Gasteiger partial charge in [0, 0.05) is 6.54 Å². The van der Waals surface area contributed by atoms with Crippen LogP contribution in [0.25, 0.3) is 0 Å². The Balaban J connectivity index is 0.00000242. The smallest absolute Gasteiger partial charge is 0.387 e. The number of halogens is 3. The Bertz CT molecular complexity index is 409. The van der Waals surface area contributed by atoms with Gasteiger partial charge in [-0.05, 0) is 69.6 Å². The highest BCUT2D eigenvalue weighted by Crippen LogP contribution is 2.22. The molecule has 1 aliphatic heterocycles. The van der Waals surface area contributed by atoms with Gasteiger partial charge < -0.3 is 10.1 Å².